The summed E-state index contributed by atoms with van der Waals surface area (Å²) < 4.78 is 0. The Labute approximate surface area is 99.0 Å². The Kier molecular flexibility index (Phi) is 2.83. The Morgan fingerprint density at radius 3 is 2.12 bits per heavy atom. The third-order valence-corrected chi connectivity index (χ3v) is 2.56. The SMILES string of the molecule is CC(=O)c1cc(O)ccc1-c1ccc(O)cc1. The molecule has 2 aromatic carbocycles. The van der Waals surface area contributed by atoms with E-state index in [2.05, 4.69) is 0 Å². The first-order valence-corrected chi connectivity index (χ1v) is 5.21. The van der Waals surface area contributed by atoms with E-state index in [1.54, 1.807) is 30.3 Å². The van der Waals surface area contributed by atoms with Crippen molar-refractivity contribution in [3.8, 4) is 22.6 Å². The van der Waals surface area contributed by atoms with Crippen molar-refractivity contribution < 1.29 is 15.0 Å². The minimum Gasteiger partial charge on any atom is -0.508 e. The summed E-state index contributed by atoms with van der Waals surface area (Å²) in [6, 6.07) is 11.3. The molecule has 0 atom stereocenters. The third kappa shape index (κ3) is 2.28. The first kappa shape index (κ1) is 11.2. The normalized spacial score (nSPS) is 10.2. The molecule has 0 saturated heterocycles. The van der Waals surface area contributed by atoms with Crippen LogP contribution in [0.4, 0.5) is 0 Å². The molecule has 2 rings (SSSR count). The van der Waals surface area contributed by atoms with Gasteiger partial charge in [-0.05, 0) is 48.4 Å². The fourth-order valence-electron chi connectivity index (χ4n) is 1.72. The maximum Gasteiger partial charge on any atom is 0.160 e. The summed E-state index contributed by atoms with van der Waals surface area (Å²) in [5.41, 5.74) is 2.04. The van der Waals surface area contributed by atoms with Crippen LogP contribution in [0.25, 0.3) is 11.1 Å². The van der Waals surface area contributed by atoms with E-state index < -0.39 is 0 Å². The summed E-state index contributed by atoms with van der Waals surface area (Å²) in [6.45, 7) is 1.46. The van der Waals surface area contributed by atoms with Crippen LogP contribution in [0, 0.1) is 0 Å². The van der Waals surface area contributed by atoms with Crippen LogP contribution in [0.5, 0.6) is 11.5 Å². The van der Waals surface area contributed by atoms with Gasteiger partial charge in [-0.2, -0.15) is 0 Å². The zero-order valence-corrected chi connectivity index (χ0v) is 9.34. The van der Waals surface area contributed by atoms with Crippen molar-refractivity contribution in [2.24, 2.45) is 0 Å². The first-order valence-electron chi connectivity index (χ1n) is 5.21. The molecule has 0 aliphatic carbocycles. The van der Waals surface area contributed by atoms with Crippen LogP contribution in [0.2, 0.25) is 0 Å². The van der Waals surface area contributed by atoms with E-state index in [1.165, 1.54) is 19.1 Å². The van der Waals surface area contributed by atoms with E-state index in [4.69, 9.17) is 0 Å². The van der Waals surface area contributed by atoms with E-state index >= 15 is 0 Å². The standard InChI is InChI=1S/C14H12O3/c1-9(15)14-8-12(17)6-7-13(14)10-2-4-11(16)5-3-10/h2-8,16-17H,1H3. The van der Waals surface area contributed by atoms with Crippen molar-refractivity contribution >= 4 is 5.78 Å². The average Bonchev–Trinajstić information content (AvgIpc) is 2.30. The molecule has 0 saturated carbocycles. The molecule has 0 aliphatic rings. The molecule has 3 nitrogen and oxygen atoms in total. The maximum atomic E-state index is 11.5. The highest BCUT2D eigenvalue weighted by Gasteiger charge is 2.10. The minimum atomic E-state index is -0.107. The zero-order chi connectivity index (χ0) is 12.4. The third-order valence-electron chi connectivity index (χ3n) is 2.56. The maximum absolute atomic E-state index is 11.5. The number of hydrogen-bond acceptors (Lipinski definition) is 3. The Bertz CT molecular complexity index is 556. The van der Waals surface area contributed by atoms with Crippen LogP contribution in [0.1, 0.15) is 17.3 Å². The number of carbonyl (C=O) groups excluding carboxylic acids is 1. The molecule has 0 heterocycles. The fourth-order valence-corrected chi connectivity index (χ4v) is 1.72. The molecule has 0 amide bonds. The summed E-state index contributed by atoms with van der Waals surface area (Å²) in [7, 11) is 0. The molecule has 86 valence electrons. The molecular formula is C14H12O3. The molecule has 2 aromatic rings. The van der Waals surface area contributed by atoms with Gasteiger partial charge in [-0.15, -0.1) is 0 Å². The van der Waals surface area contributed by atoms with Crippen LogP contribution < -0.4 is 0 Å². The van der Waals surface area contributed by atoms with Gasteiger partial charge >= 0.3 is 0 Å². The van der Waals surface area contributed by atoms with E-state index in [1.807, 2.05) is 0 Å². The van der Waals surface area contributed by atoms with Crippen LogP contribution in [-0.4, -0.2) is 16.0 Å². The van der Waals surface area contributed by atoms with Gasteiger partial charge in [0.25, 0.3) is 0 Å². The number of phenols is 2. The van der Waals surface area contributed by atoms with Crippen LogP contribution >= 0.6 is 0 Å². The van der Waals surface area contributed by atoms with Crippen molar-refractivity contribution in [1.29, 1.82) is 0 Å². The predicted octanol–water partition coefficient (Wildman–Crippen LogP) is 2.97. The Hall–Kier alpha value is -2.29. The van der Waals surface area contributed by atoms with E-state index in [-0.39, 0.29) is 17.3 Å². The number of ketones is 1. The highest BCUT2D eigenvalue weighted by atomic mass is 16.3. The van der Waals surface area contributed by atoms with Crippen molar-refractivity contribution in [2.75, 3.05) is 0 Å². The number of benzene rings is 2. The smallest absolute Gasteiger partial charge is 0.160 e. The van der Waals surface area contributed by atoms with Gasteiger partial charge in [0.2, 0.25) is 0 Å². The van der Waals surface area contributed by atoms with Gasteiger partial charge in [-0.25, -0.2) is 0 Å². The Morgan fingerprint density at radius 2 is 1.53 bits per heavy atom. The highest BCUT2D eigenvalue weighted by Crippen LogP contribution is 2.28. The second kappa shape index (κ2) is 4.29. The summed E-state index contributed by atoms with van der Waals surface area (Å²) in [4.78, 5) is 11.5. The summed E-state index contributed by atoms with van der Waals surface area (Å²) >= 11 is 0. The van der Waals surface area contributed by atoms with Gasteiger partial charge in [0.05, 0.1) is 0 Å². The summed E-state index contributed by atoms with van der Waals surface area (Å²) in [6.07, 6.45) is 0. The van der Waals surface area contributed by atoms with E-state index in [9.17, 15) is 15.0 Å². The molecule has 0 bridgehead atoms. The van der Waals surface area contributed by atoms with Crippen LogP contribution in [0.3, 0.4) is 0 Å². The monoisotopic (exact) mass is 228 g/mol. The van der Waals surface area contributed by atoms with Gasteiger partial charge in [0, 0.05) is 5.56 Å². The molecule has 0 aromatic heterocycles. The van der Waals surface area contributed by atoms with Crippen molar-refractivity contribution in [2.45, 2.75) is 6.92 Å². The lowest BCUT2D eigenvalue weighted by Gasteiger charge is -2.08. The van der Waals surface area contributed by atoms with Gasteiger partial charge < -0.3 is 10.2 Å². The largest absolute Gasteiger partial charge is 0.508 e. The second-order valence-corrected chi connectivity index (χ2v) is 3.83. The molecule has 3 heteroatoms. The molecule has 0 unspecified atom stereocenters. The van der Waals surface area contributed by atoms with Crippen LogP contribution in [-0.2, 0) is 0 Å². The van der Waals surface area contributed by atoms with Crippen molar-refractivity contribution in [3.63, 3.8) is 0 Å². The number of aromatic hydroxyl groups is 2. The average molecular weight is 228 g/mol. The lowest BCUT2D eigenvalue weighted by Crippen LogP contribution is -1.95. The van der Waals surface area contributed by atoms with E-state index in [0.717, 1.165) is 11.1 Å². The van der Waals surface area contributed by atoms with Gasteiger partial charge in [0.1, 0.15) is 11.5 Å². The lowest BCUT2D eigenvalue weighted by atomic mass is 9.97. The molecule has 0 spiro atoms. The summed E-state index contributed by atoms with van der Waals surface area (Å²) in [5.74, 6) is 0.138. The van der Waals surface area contributed by atoms with Gasteiger partial charge in [-0.1, -0.05) is 12.1 Å². The predicted molar refractivity (Wildman–Crippen MR) is 65.2 cm³/mol. The lowest BCUT2D eigenvalue weighted by molar-refractivity contribution is 0.101. The van der Waals surface area contributed by atoms with Gasteiger partial charge in [0.15, 0.2) is 5.78 Å². The number of hydrogen-bond donors (Lipinski definition) is 2. The minimum absolute atomic E-state index is 0.0673. The second-order valence-electron chi connectivity index (χ2n) is 3.83. The zero-order valence-electron chi connectivity index (χ0n) is 9.34. The molecule has 0 aliphatic heterocycles. The Balaban J connectivity index is 2.58. The molecule has 2 N–H and O–H groups in total. The molecule has 0 fully saturated rings. The van der Waals surface area contributed by atoms with Crippen molar-refractivity contribution in [1.82, 2.24) is 0 Å². The number of carbonyl (C=O) groups is 1. The van der Waals surface area contributed by atoms with E-state index in [0.29, 0.717) is 5.56 Å². The first-order chi connectivity index (χ1) is 8.08. The highest BCUT2D eigenvalue weighted by molar-refractivity contribution is 6.01. The molecular weight excluding hydrogens is 216 g/mol. The fraction of sp³-hybridized carbons (Fsp3) is 0.0714. The molecule has 0 radical (unpaired) electrons. The Morgan fingerprint density at radius 1 is 0.941 bits per heavy atom. The van der Waals surface area contributed by atoms with Crippen molar-refractivity contribution in [3.05, 3.63) is 48.0 Å². The quantitative estimate of drug-likeness (QED) is 0.777. The molecule has 17 heavy (non-hydrogen) atoms. The van der Waals surface area contributed by atoms with Crippen LogP contribution in [0.15, 0.2) is 42.5 Å². The number of Topliss-reactive ketones (excluding diaryl/α,β-unsaturated/α-hetero) is 1. The number of rotatable bonds is 2. The number of phenolic OH excluding ortho intramolecular Hbond substituents is 2. The topological polar surface area (TPSA) is 57.5 Å². The summed E-state index contributed by atoms with van der Waals surface area (Å²) in [5, 5.41) is 18.6. The van der Waals surface area contributed by atoms with Gasteiger partial charge in [-0.3, -0.25) is 4.79 Å².